The second-order valence-corrected chi connectivity index (χ2v) is 14.8. The summed E-state index contributed by atoms with van der Waals surface area (Å²) < 4.78 is 85.4. The van der Waals surface area contributed by atoms with Crippen LogP contribution in [-0.4, -0.2) is 48.0 Å². The summed E-state index contributed by atoms with van der Waals surface area (Å²) in [7, 11) is -7.06. The van der Waals surface area contributed by atoms with Crippen molar-refractivity contribution in [1.82, 2.24) is 4.98 Å². The van der Waals surface area contributed by atoms with E-state index in [1.54, 1.807) is 18.3 Å². The average Bonchev–Trinajstić information content (AvgIpc) is 2.97. The molecule has 45 heavy (non-hydrogen) atoms. The number of alkyl halides is 3. The molecule has 0 fully saturated rings. The number of aromatic nitrogens is 1. The molecule has 242 valence electrons. The van der Waals surface area contributed by atoms with Gasteiger partial charge in [-0.05, 0) is 86.7 Å². The van der Waals surface area contributed by atoms with Crippen LogP contribution in [0.5, 0.6) is 0 Å². The first-order chi connectivity index (χ1) is 21.0. The van der Waals surface area contributed by atoms with Gasteiger partial charge in [0.2, 0.25) is 0 Å². The third-order valence-electron chi connectivity index (χ3n) is 6.69. The topological polar surface area (TPSA) is 135 Å². The van der Waals surface area contributed by atoms with Gasteiger partial charge in [0, 0.05) is 37.1 Å². The zero-order valence-corrected chi connectivity index (χ0v) is 27.7. The van der Waals surface area contributed by atoms with Crippen LogP contribution in [-0.2, 0) is 20.0 Å². The van der Waals surface area contributed by atoms with Crippen LogP contribution in [0.3, 0.4) is 0 Å². The van der Waals surface area contributed by atoms with E-state index in [1.807, 2.05) is 17.1 Å². The molecule has 1 aliphatic carbocycles. The van der Waals surface area contributed by atoms with Crippen LogP contribution in [0.2, 0.25) is 0 Å². The highest BCUT2D eigenvalue weighted by molar-refractivity contribution is 8.12. The van der Waals surface area contributed by atoms with Crippen LogP contribution in [0, 0.1) is 17.2 Å². The lowest BCUT2D eigenvalue weighted by Crippen LogP contribution is -2.24. The molecular formula is C30H33F3N5O4S3-. The molecule has 0 aromatic heterocycles. The summed E-state index contributed by atoms with van der Waals surface area (Å²) in [4.78, 5) is 11.8. The molecule has 1 aliphatic heterocycles. The first-order valence-electron chi connectivity index (χ1n) is 13.8. The Morgan fingerprint density at radius 3 is 2.24 bits per heavy atom. The number of anilines is 1. The Balaban J connectivity index is 0.000000250. The Kier molecular flexibility index (Phi) is 11.7. The van der Waals surface area contributed by atoms with Gasteiger partial charge >= 0.3 is 5.51 Å². The largest absolute Gasteiger partial charge is 0.480 e. The molecule has 0 saturated heterocycles. The van der Waals surface area contributed by atoms with E-state index in [-0.39, 0.29) is 11.8 Å². The van der Waals surface area contributed by atoms with E-state index >= 15 is 0 Å². The van der Waals surface area contributed by atoms with Crippen LogP contribution in [0.4, 0.5) is 18.9 Å². The lowest BCUT2D eigenvalue weighted by Gasteiger charge is -2.22. The van der Waals surface area contributed by atoms with Gasteiger partial charge in [0.25, 0.3) is 0 Å². The molecule has 4 rings (SSSR count). The van der Waals surface area contributed by atoms with E-state index in [0.29, 0.717) is 18.4 Å². The first kappa shape index (κ1) is 35.9. The maximum atomic E-state index is 12.3. The minimum absolute atomic E-state index is 0.0396. The van der Waals surface area contributed by atoms with Gasteiger partial charge in [-0.3, -0.25) is 4.99 Å². The van der Waals surface area contributed by atoms with Gasteiger partial charge in [-0.15, -0.1) is 11.3 Å². The predicted molar refractivity (Wildman–Crippen MR) is 171 cm³/mol. The Morgan fingerprint density at radius 1 is 1.02 bits per heavy atom. The molecular weight excluding hydrogens is 648 g/mol. The second kappa shape index (κ2) is 14.7. The summed E-state index contributed by atoms with van der Waals surface area (Å²) >= 11 is 1.77. The lowest BCUT2D eigenvalue weighted by molar-refractivity contribution is -0.0425. The zero-order chi connectivity index (χ0) is 33.6. The lowest BCUT2D eigenvalue weighted by atomic mass is 9.88. The molecule has 0 N–H and O–H groups in total. The summed E-state index contributed by atoms with van der Waals surface area (Å²) in [6.45, 7) is 6.48. The molecule has 2 aromatic rings. The Morgan fingerprint density at radius 2 is 1.69 bits per heavy atom. The zero-order valence-electron chi connectivity index (χ0n) is 25.3. The van der Waals surface area contributed by atoms with Crippen molar-refractivity contribution in [2.24, 2.45) is 10.9 Å². The van der Waals surface area contributed by atoms with Gasteiger partial charge in [-0.25, -0.2) is 21.8 Å². The quantitative estimate of drug-likeness (QED) is 0.173. The minimum Gasteiger partial charge on any atom is -0.424 e. The summed E-state index contributed by atoms with van der Waals surface area (Å²) in [5, 5.41) is 9.89. The van der Waals surface area contributed by atoms with Crippen molar-refractivity contribution in [3.8, 4) is 16.6 Å². The molecule has 2 aromatic carbocycles. The minimum atomic E-state index is -6.15. The van der Waals surface area contributed by atoms with E-state index in [1.165, 1.54) is 27.4 Å². The van der Waals surface area contributed by atoms with Gasteiger partial charge in [0.15, 0.2) is 10.0 Å². The van der Waals surface area contributed by atoms with Crippen molar-refractivity contribution in [2.45, 2.75) is 49.9 Å². The number of nitriles is 1. The number of rotatable bonds is 9. The number of fused-ring (bicyclic) bond motifs is 2. The van der Waals surface area contributed by atoms with E-state index in [9.17, 15) is 30.0 Å². The van der Waals surface area contributed by atoms with Crippen LogP contribution < -0.4 is 10.3 Å². The monoisotopic (exact) mass is 680 g/mol. The number of sulfonamides is 2. The Hall–Kier alpha value is -3.58. The van der Waals surface area contributed by atoms with Crippen molar-refractivity contribution in [1.29, 1.82) is 5.26 Å². The van der Waals surface area contributed by atoms with Crippen LogP contribution in [0.25, 0.3) is 24.9 Å². The Bertz CT molecular complexity index is 1920. The molecule has 0 radical (unpaired) electrons. The summed E-state index contributed by atoms with van der Waals surface area (Å²) in [5.74, 6) is -0.262. The fourth-order valence-corrected chi connectivity index (χ4v) is 7.53. The van der Waals surface area contributed by atoms with Crippen molar-refractivity contribution < 1.29 is 30.0 Å². The molecule has 1 heterocycles. The summed E-state index contributed by atoms with van der Waals surface area (Å²) in [6, 6.07) is 19.4. The fourth-order valence-electron chi connectivity index (χ4n) is 4.31. The highest BCUT2D eigenvalue weighted by atomic mass is 32.3. The standard InChI is InChI=1S/C16H17N3S.C14H16F3N2O4S2/c1-4-17-11-5-7-13-15(9-11)20-16-10-12(19(2)3)6-8-14(16)18-13;1-3-11(8-10(2)9-18)12-4-6-13(7-5-12)24(20,21)19-25(22,23)14(15,16)17/h5-10H,4H2,1-3H3;4-7,10-11H,3,8H2,1-2H3/q;-1. The number of hydrogen-bond donors (Lipinski definition) is 0. The predicted octanol–water partition coefficient (Wildman–Crippen LogP) is 7.03. The fraction of sp³-hybridized carbons (Fsp3) is 0.367. The van der Waals surface area contributed by atoms with Gasteiger partial charge in [0.05, 0.1) is 32.2 Å². The Labute approximate surface area is 265 Å². The number of hydrogen-bond acceptors (Lipinski definition) is 9. The molecule has 15 heteroatoms. The smallest absolute Gasteiger partial charge is 0.424 e. The third kappa shape index (κ3) is 9.23. The van der Waals surface area contributed by atoms with Gasteiger partial charge in [0.1, 0.15) is 10.0 Å². The SMILES string of the molecule is CCC(CC(C)C#N)c1ccc(S(=O)(=O)[N-]S(=O)(=O)C(F)(F)F)cc1.CCN=c1ccc2nc3ccc(N(C)C)cc3sc-2c1. The molecule has 0 bridgehead atoms. The number of nitrogens with zero attached hydrogens (tertiary/aromatic N) is 5. The molecule has 0 amide bonds. The normalized spacial score (nSPS) is 14.0. The van der Waals surface area contributed by atoms with E-state index in [2.05, 4.69) is 67.3 Å². The number of halogens is 3. The maximum Gasteiger partial charge on any atom is 0.480 e. The highest BCUT2D eigenvalue weighted by Crippen LogP contribution is 2.34. The summed E-state index contributed by atoms with van der Waals surface area (Å²) in [6.07, 6.45) is 1.21. The van der Waals surface area contributed by atoms with E-state index < -0.39 is 30.5 Å². The van der Waals surface area contributed by atoms with Crippen LogP contribution in [0.1, 0.15) is 45.1 Å². The highest BCUT2D eigenvalue weighted by Gasteiger charge is 2.40. The van der Waals surface area contributed by atoms with E-state index in [4.69, 9.17) is 10.2 Å². The third-order valence-corrected chi connectivity index (χ3v) is 10.8. The maximum absolute atomic E-state index is 12.3. The van der Waals surface area contributed by atoms with Crippen molar-refractivity contribution in [3.05, 3.63) is 75.7 Å². The van der Waals surface area contributed by atoms with Crippen molar-refractivity contribution >= 4 is 47.3 Å². The van der Waals surface area contributed by atoms with Crippen LogP contribution in [0.15, 0.2) is 70.6 Å². The van der Waals surface area contributed by atoms with Gasteiger partial charge < -0.3 is 9.03 Å². The first-order valence-corrected chi connectivity index (χ1v) is 17.5. The van der Waals surface area contributed by atoms with Crippen LogP contribution >= 0.6 is 11.3 Å². The van der Waals surface area contributed by atoms with E-state index in [0.717, 1.165) is 35.2 Å². The molecule has 2 unspecified atom stereocenters. The van der Waals surface area contributed by atoms with Crippen molar-refractivity contribution in [2.75, 3.05) is 25.5 Å². The second-order valence-electron chi connectivity index (χ2n) is 10.3. The molecule has 0 spiro atoms. The van der Waals surface area contributed by atoms with Gasteiger partial charge in [-0.2, -0.15) is 18.4 Å². The molecule has 0 saturated carbocycles. The molecule has 2 aliphatic rings. The molecule has 2 atom stereocenters. The molecule has 9 nitrogen and oxygen atoms in total. The number of benzene rings is 3. The van der Waals surface area contributed by atoms with Crippen molar-refractivity contribution in [3.63, 3.8) is 0 Å². The average molecular weight is 681 g/mol. The summed E-state index contributed by atoms with van der Waals surface area (Å²) in [5.41, 5.74) is -1.81. The van der Waals surface area contributed by atoms with Gasteiger partial charge in [-0.1, -0.05) is 19.1 Å².